The minimum Gasteiger partial charge on any atom is -0.492 e. The second-order valence-corrected chi connectivity index (χ2v) is 6.57. The Kier molecular flexibility index (Phi) is 4.72. The van der Waals surface area contributed by atoms with Crippen molar-refractivity contribution in [3.8, 4) is 11.8 Å². The highest BCUT2D eigenvalue weighted by Crippen LogP contribution is 2.45. The van der Waals surface area contributed by atoms with Gasteiger partial charge in [-0.3, -0.25) is 0 Å². The third kappa shape index (κ3) is 3.36. The molecule has 6 heteroatoms. The molecule has 2 aliphatic rings. The zero-order valence-corrected chi connectivity index (χ0v) is 13.7. The summed E-state index contributed by atoms with van der Waals surface area (Å²) in [4.78, 5) is 11.7. The van der Waals surface area contributed by atoms with Gasteiger partial charge in [-0.2, -0.15) is 5.26 Å². The third-order valence-electron chi connectivity index (χ3n) is 4.82. The van der Waals surface area contributed by atoms with E-state index in [1.54, 1.807) is 0 Å². The van der Waals surface area contributed by atoms with Crippen LogP contribution in [-0.2, 0) is 4.74 Å². The molecule has 1 aliphatic carbocycles. The SMILES string of the molecule is COC(=O)c1cc(C2CC2)c(OCC2(C#N)CCNCC2)cc1F. The van der Waals surface area contributed by atoms with Crippen LogP contribution in [0, 0.1) is 22.6 Å². The lowest BCUT2D eigenvalue weighted by molar-refractivity contribution is 0.0595. The van der Waals surface area contributed by atoms with Crippen LogP contribution in [0.25, 0.3) is 0 Å². The van der Waals surface area contributed by atoms with Crippen LogP contribution in [-0.4, -0.2) is 32.8 Å². The molecule has 0 bridgehead atoms. The summed E-state index contributed by atoms with van der Waals surface area (Å²) >= 11 is 0. The number of hydrogen-bond acceptors (Lipinski definition) is 5. The number of methoxy groups -OCH3 is 1. The van der Waals surface area contributed by atoms with Crippen molar-refractivity contribution in [1.29, 1.82) is 5.26 Å². The zero-order chi connectivity index (χ0) is 17.2. The van der Waals surface area contributed by atoms with E-state index in [-0.39, 0.29) is 18.1 Å². The van der Waals surface area contributed by atoms with E-state index in [0.29, 0.717) is 18.6 Å². The van der Waals surface area contributed by atoms with E-state index in [4.69, 9.17) is 4.74 Å². The second-order valence-electron chi connectivity index (χ2n) is 6.57. The summed E-state index contributed by atoms with van der Waals surface area (Å²) in [6.07, 6.45) is 3.42. The predicted molar refractivity (Wildman–Crippen MR) is 85.4 cm³/mol. The summed E-state index contributed by atoms with van der Waals surface area (Å²) < 4.78 is 24.7. The standard InChI is InChI=1S/C18H21FN2O3/c1-23-17(22)14-8-13(12-2-3-12)16(9-15(14)19)24-11-18(10-20)4-6-21-7-5-18/h8-9,12,21H,2-7,11H2,1H3. The molecule has 1 N–H and O–H groups in total. The van der Waals surface area contributed by atoms with Crippen LogP contribution >= 0.6 is 0 Å². The number of nitrogens with zero attached hydrogens (tertiary/aromatic N) is 1. The molecule has 0 atom stereocenters. The quantitative estimate of drug-likeness (QED) is 0.840. The van der Waals surface area contributed by atoms with Crippen molar-refractivity contribution < 1.29 is 18.7 Å². The molecule has 24 heavy (non-hydrogen) atoms. The highest BCUT2D eigenvalue weighted by atomic mass is 19.1. The highest BCUT2D eigenvalue weighted by Gasteiger charge is 2.35. The topological polar surface area (TPSA) is 71.3 Å². The maximum absolute atomic E-state index is 14.2. The van der Waals surface area contributed by atoms with Crippen molar-refractivity contribution in [2.75, 3.05) is 26.8 Å². The van der Waals surface area contributed by atoms with Crippen LogP contribution in [0.2, 0.25) is 0 Å². The lowest BCUT2D eigenvalue weighted by Crippen LogP contribution is -2.39. The number of rotatable bonds is 5. The van der Waals surface area contributed by atoms with E-state index in [2.05, 4.69) is 16.1 Å². The first-order chi connectivity index (χ1) is 11.6. The van der Waals surface area contributed by atoms with Gasteiger partial charge in [0.05, 0.1) is 24.2 Å². The fourth-order valence-electron chi connectivity index (χ4n) is 3.09. The molecule has 0 radical (unpaired) electrons. The Morgan fingerprint density at radius 2 is 2.12 bits per heavy atom. The van der Waals surface area contributed by atoms with Gasteiger partial charge in [0, 0.05) is 6.07 Å². The molecular weight excluding hydrogens is 311 g/mol. The highest BCUT2D eigenvalue weighted by molar-refractivity contribution is 5.90. The number of carbonyl (C=O) groups is 1. The van der Waals surface area contributed by atoms with Gasteiger partial charge in [0.25, 0.3) is 0 Å². The lowest BCUT2D eigenvalue weighted by atomic mass is 9.81. The van der Waals surface area contributed by atoms with Crippen LogP contribution in [0.15, 0.2) is 12.1 Å². The van der Waals surface area contributed by atoms with Crippen molar-refractivity contribution >= 4 is 5.97 Å². The van der Waals surface area contributed by atoms with Gasteiger partial charge in [-0.25, -0.2) is 9.18 Å². The minimum atomic E-state index is -0.687. The summed E-state index contributed by atoms with van der Waals surface area (Å²) in [5.74, 6) is -0.615. The molecule has 0 unspecified atom stereocenters. The number of carbonyl (C=O) groups excluding carboxylic acids is 1. The fraction of sp³-hybridized carbons (Fsp3) is 0.556. The number of benzene rings is 1. The Bertz CT molecular complexity index is 674. The fourth-order valence-corrected chi connectivity index (χ4v) is 3.09. The molecule has 1 saturated carbocycles. The van der Waals surface area contributed by atoms with Gasteiger partial charge in [0.1, 0.15) is 18.2 Å². The molecule has 1 heterocycles. The minimum absolute atomic E-state index is 0.0661. The first-order valence-electron chi connectivity index (χ1n) is 8.25. The van der Waals surface area contributed by atoms with E-state index in [0.717, 1.165) is 31.5 Å². The summed E-state index contributed by atoms with van der Waals surface area (Å²) in [5, 5.41) is 12.7. The lowest BCUT2D eigenvalue weighted by Gasteiger charge is -2.31. The van der Waals surface area contributed by atoms with E-state index >= 15 is 0 Å². The van der Waals surface area contributed by atoms with Crippen LogP contribution in [0.5, 0.6) is 5.75 Å². The number of esters is 1. The summed E-state index contributed by atoms with van der Waals surface area (Å²) in [6, 6.07) is 5.17. The van der Waals surface area contributed by atoms with Crippen molar-refractivity contribution in [2.24, 2.45) is 5.41 Å². The number of nitrogens with one attached hydrogen (secondary N) is 1. The molecule has 128 valence electrons. The average molecular weight is 332 g/mol. The Hall–Kier alpha value is -2.13. The van der Waals surface area contributed by atoms with Crippen LogP contribution < -0.4 is 10.1 Å². The largest absolute Gasteiger partial charge is 0.492 e. The van der Waals surface area contributed by atoms with Gasteiger partial charge in [0.15, 0.2) is 0 Å². The molecule has 1 aromatic rings. The van der Waals surface area contributed by atoms with Crippen LogP contribution in [0.4, 0.5) is 4.39 Å². The molecular formula is C18H21FN2O3. The molecule has 2 fully saturated rings. The first-order valence-corrected chi connectivity index (χ1v) is 8.25. The van der Waals surface area contributed by atoms with Gasteiger partial charge >= 0.3 is 5.97 Å². The van der Waals surface area contributed by atoms with Gasteiger partial charge < -0.3 is 14.8 Å². The zero-order valence-electron chi connectivity index (χ0n) is 13.7. The Labute approximate surface area is 140 Å². The van der Waals surface area contributed by atoms with Gasteiger partial charge in [-0.05, 0) is 56.3 Å². The normalized spacial score (nSPS) is 19.4. The summed E-state index contributed by atoms with van der Waals surface area (Å²) in [5.41, 5.74) is 0.228. The molecule has 0 amide bonds. The van der Waals surface area contributed by atoms with Crippen LogP contribution in [0.3, 0.4) is 0 Å². The Balaban J connectivity index is 1.83. The molecule has 1 aliphatic heterocycles. The summed E-state index contributed by atoms with van der Waals surface area (Å²) in [7, 11) is 1.23. The molecule has 1 saturated heterocycles. The van der Waals surface area contributed by atoms with Crippen molar-refractivity contribution in [3.63, 3.8) is 0 Å². The van der Waals surface area contributed by atoms with Gasteiger partial charge in [-0.15, -0.1) is 0 Å². The van der Waals surface area contributed by atoms with E-state index in [1.165, 1.54) is 19.2 Å². The number of hydrogen-bond donors (Lipinski definition) is 1. The molecule has 3 rings (SSSR count). The smallest absolute Gasteiger partial charge is 0.340 e. The van der Waals surface area contributed by atoms with Crippen molar-refractivity contribution in [2.45, 2.75) is 31.6 Å². The van der Waals surface area contributed by atoms with E-state index < -0.39 is 17.2 Å². The van der Waals surface area contributed by atoms with Crippen molar-refractivity contribution in [1.82, 2.24) is 5.32 Å². The number of halogens is 1. The average Bonchev–Trinajstić information content (AvgIpc) is 3.45. The van der Waals surface area contributed by atoms with Gasteiger partial charge in [-0.1, -0.05) is 0 Å². The van der Waals surface area contributed by atoms with Gasteiger partial charge in [0.2, 0.25) is 0 Å². The number of ether oxygens (including phenoxy) is 2. The number of piperidine rings is 1. The Morgan fingerprint density at radius 1 is 1.42 bits per heavy atom. The predicted octanol–water partition coefficient (Wildman–Crippen LogP) is 2.76. The first kappa shape index (κ1) is 16.7. The third-order valence-corrected chi connectivity index (χ3v) is 4.82. The van der Waals surface area contributed by atoms with Crippen LogP contribution in [0.1, 0.15) is 47.5 Å². The monoisotopic (exact) mass is 332 g/mol. The maximum Gasteiger partial charge on any atom is 0.340 e. The summed E-state index contributed by atoms with van der Waals surface area (Å²) in [6.45, 7) is 1.80. The maximum atomic E-state index is 14.2. The van der Waals surface area contributed by atoms with Crippen molar-refractivity contribution in [3.05, 3.63) is 29.1 Å². The Morgan fingerprint density at radius 3 is 2.71 bits per heavy atom. The molecule has 5 nitrogen and oxygen atoms in total. The molecule has 0 spiro atoms. The molecule has 1 aromatic carbocycles. The van der Waals surface area contributed by atoms with E-state index in [9.17, 15) is 14.4 Å². The second kappa shape index (κ2) is 6.78. The molecule has 0 aromatic heterocycles. The number of nitriles is 1. The van der Waals surface area contributed by atoms with E-state index in [1.807, 2.05) is 0 Å².